The first-order valence-electron chi connectivity index (χ1n) is 9.30. The number of para-hydroxylation sites is 1. The summed E-state index contributed by atoms with van der Waals surface area (Å²) in [4.78, 5) is 25.9. The minimum Gasteiger partial charge on any atom is -0.396 e. The number of pyridine rings is 1. The number of carbonyl (C=O) groups excluding carboxylic acids is 1. The van der Waals surface area contributed by atoms with Gasteiger partial charge in [0, 0.05) is 17.1 Å². The van der Waals surface area contributed by atoms with Gasteiger partial charge in [0.05, 0.1) is 22.9 Å². The van der Waals surface area contributed by atoms with Crippen molar-refractivity contribution in [3.05, 3.63) is 88.6 Å². The molecule has 1 atom stereocenters. The van der Waals surface area contributed by atoms with Crippen LogP contribution in [0, 0.1) is 0 Å². The predicted molar refractivity (Wildman–Crippen MR) is 120 cm³/mol. The molecule has 0 saturated carbocycles. The van der Waals surface area contributed by atoms with Crippen LogP contribution < -0.4 is 16.9 Å². The van der Waals surface area contributed by atoms with Crippen LogP contribution in [0.2, 0.25) is 0 Å². The molecule has 2 aromatic carbocycles. The second-order valence-corrected chi connectivity index (χ2v) is 7.93. The van der Waals surface area contributed by atoms with E-state index in [4.69, 9.17) is 11.5 Å². The van der Waals surface area contributed by atoms with E-state index in [1.54, 1.807) is 34.5 Å². The molecule has 1 heterocycles. The number of benzene rings is 3. The molecule has 0 saturated heterocycles. The van der Waals surface area contributed by atoms with Crippen molar-refractivity contribution in [2.75, 3.05) is 11.5 Å². The highest BCUT2D eigenvalue weighted by Gasteiger charge is 2.23. The van der Waals surface area contributed by atoms with Crippen molar-refractivity contribution in [3.8, 4) is 11.3 Å². The molecule has 29 heavy (non-hydrogen) atoms. The molecule has 6 heteroatoms. The number of thioether (sulfide) groups is 1. The molecule has 0 spiro atoms. The van der Waals surface area contributed by atoms with E-state index in [1.165, 1.54) is 5.56 Å². The predicted octanol–water partition coefficient (Wildman–Crippen LogP) is 3.59. The molecule has 0 unspecified atom stereocenters. The number of rotatable bonds is 5. The zero-order chi connectivity index (χ0) is 20.4. The van der Waals surface area contributed by atoms with E-state index >= 15 is 0 Å². The van der Waals surface area contributed by atoms with E-state index in [-0.39, 0.29) is 17.0 Å². The third-order valence-electron chi connectivity index (χ3n) is 4.87. The van der Waals surface area contributed by atoms with Crippen LogP contribution in [-0.4, -0.2) is 22.3 Å². The van der Waals surface area contributed by atoms with Crippen LogP contribution in [0.5, 0.6) is 0 Å². The number of carbonyl (C=O) groups is 1. The van der Waals surface area contributed by atoms with E-state index in [0.29, 0.717) is 17.0 Å². The van der Waals surface area contributed by atoms with E-state index in [2.05, 4.69) is 0 Å². The van der Waals surface area contributed by atoms with Crippen LogP contribution in [0.3, 0.4) is 0 Å². The fourth-order valence-electron chi connectivity index (χ4n) is 3.39. The van der Waals surface area contributed by atoms with Crippen molar-refractivity contribution in [1.29, 1.82) is 0 Å². The smallest absolute Gasteiger partial charge is 0.249 e. The topological polar surface area (TPSA) is 91.1 Å². The van der Waals surface area contributed by atoms with Gasteiger partial charge >= 0.3 is 0 Å². The first kappa shape index (κ1) is 19.2. The van der Waals surface area contributed by atoms with Crippen LogP contribution in [0.25, 0.3) is 22.2 Å². The molecule has 2 aliphatic rings. The van der Waals surface area contributed by atoms with Gasteiger partial charge in [0.1, 0.15) is 0 Å². The molecular weight excluding hydrogens is 382 g/mol. The Bertz CT molecular complexity index is 1200. The Balaban J connectivity index is 1.68. The lowest BCUT2D eigenvalue weighted by Crippen LogP contribution is -2.38. The summed E-state index contributed by atoms with van der Waals surface area (Å²) in [5.41, 5.74) is 14.8. The summed E-state index contributed by atoms with van der Waals surface area (Å²) in [5, 5.41) is 0.792. The molecule has 0 radical (unpaired) electrons. The normalized spacial score (nSPS) is 12.3. The highest BCUT2D eigenvalue weighted by molar-refractivity contribution is 7.98. The van der Waals surface area contributed by atoms with Gasteiger partial charge in [0.15, 0.2) is 0 Å². The van der Waals surface area contributed by atoms with Crippen LogP contribution in [0.15, 0.2) is 77.6 Å². The summed E-state index contributed by atoms with van der Waals surface area (Å²) < 4.78 is 1.55. The second-order valence-electron chi connectivity index (χ2n) is 6.90. The maximum Gasteiger partial charge on any atom is 0.249 e. The van der Waals surface area contributed by atoms with Crippen LogP contribution in [0.4, 0.5) is 5.69 Å². The van der Waals surface area contributed by atoms with Crippen LogP contribution in [-0.2, 0) is 5.75 Å². The third kappa shape index (κ3) is 3.77. The van der Waals surface area contributed by atoms with Gasteiger partial charge in [-0.2, -0.15) is 11.8 Å². The molecule has 146 valence electrons. The first-order chi connectivity index (χ1) is 14.1. The lowest BCUT2D eigenvalue weighted by atomic mass is 10.0. The van der Waals surface area contributed by atoms with Gasteiger partial charge in [-0.3, -0.25) is 14.2 Å². The number of nitrogen functional groups attached to an aromatic ring is 1. The standard InChI is InChI=1S/C23H21N3O2S/c24-18-10-11-21-17(22(18)27)12-16-8-4-5-9-20(16)26(21)23(28)19(25)14-29-13-15-6-2-1-3-7-15/h1-12,19H,13-14,24-25H2/t19-/m0/s1. The Labute approximate surface area is 172 Å². The number of anilines is 1. The number of aromatic nitrogens is 1. The quantitative estimate of drug-likeness (QED) is 0.392. The fraction of sp³-hybridized carbons (Fsp3) is 0.130. The zero-order valence-corrected chi connectivity index (χ0v) is 16.6. The molecule has 2 aromatic rings. The first-order valence-corrected chi connectivity index (χ1v) is 10.5. The highest BCUT2D eigenvalue weighted by Crippen LogP contribution is 2.27. The Morgan fingerprint density at radius 3 is 2.52 bits per heavy atom. The van der Waals surface area contributed by atoms with Crippen molar-refractivity contribution < 1.29 is 4.79 Å². The van der Waals surface area contributed by atoms with E-state index in [9.17, 15) is 9.59 Å². The van der Waals surface area contributed by atoms with Crippen LogP contribution >= 0.6 is 11.8 Å². The highest BCUT2D eigenvalue weighted by atomic mass is 32.2. The molecule has 0 fully saturated rings. The maximum absolute atomic E-state index is 13.3. The van der Waals surface area contributed by atoms with Gasteiger partial charge in [-0.05, 0) is 35.2 Å². The molecule has 1 aliphatic heterocycles. The van der Waals surface area contributed by atoms with Gasteiger partial charge in [-0.25, -0.2) is 0 Å². The summed E-state index contributed by atoms with van der Waals surface area (Å²) in [6.45, 7) is 0. The number of hydrogen-bond acceptors (Lipinski definition) is 5. The lowest BCUT2D eigenvalue weighted by Gasteiger charge is -2.20. The Morgan fingerprint density at radius 1 is 1.00 bits per heavy atom. The van der Waals surface area contributed by atoms with Gasteiger partial charge < -0.3 is 11.5 Å². The summed E-state index contributed by atoms with van der Waals surface area (Å²) in [5.74, 6) is 1.02. The minimum absolute atomic E-state index is 0.162. The fourth-order valence-corrected chi connectivity index (χ4v) is 4.33. The zero-order valence-electron chi connectivity index (χ0n) is 15.7. The summed E-state index contributed by atoms with van der Waals surface area (Å²) in [6.07, 6.45) is 0. The van der Waals surface area contributed by atoms with Crippen molar-refractivity contribution in [2.24, 2.45) is 5.73 Å². The van der Waals surface area contributed by atoms with E-state index in [0.717, 1.165) is 16.7 Å². The van der Waals surface area contributed by atoms with Gasteiger partial charge in [-0.15, -0.1) is 0 Å². The molecule has 0 amide bonds. The van der Waals surface area contributed by atoms with Gasteiger partial charge in [0.2, 0.25) is 11.3 Å². The van der Waals surface area contributed by atoms with Crippen molar-refractivity contribution >= 4 is 34.3 Å². The van der Waals surface area contributed by atoms with Crippen molar-refractivity contribution in [3.63, 3.8) is 0 Å². The van der Waals surface area contributed by atoms with Gasteiger partial charge in [-0.1, -0.05) is 48.5 Å². The monoisotopic (exact) mass is 403 g/mol. The molecular formula is C23H21N3O2S. The van der Waals surface area contributed by atoms with Crippen molar-refractivity contribution in [1.82, 2.24) is 4.57 Å². The number of nitrogens with zero attached hydrogens (tertiary/aromatic N) is 1. The average molecular weight is 404 g/mol. The molecule has 0 bridgehead atoms. The maximum atomic E-state index is 13.3. The van der Waals surface area contributed by atoms with Crippen molar-refractivity contribution in [2.45, 2.75) is 11.8 Å². The average Bonchev–Trinajstić information content (AvgIpc) is 2.75. The molecule has 5 nitrogen and oxygen atoms in total. The number of fused-ring (bicyclic) bond motifs is 2. The molecule has 4 rings (SSSR count). The summed E-state index contributed by atoms with van der Waals surface area (Å²) in [6, 6.07) is 21.9. The summed E-state index contributed by atoms with van der Waals surface area (Å²) in [7, 11) is 0. The third-order valence-corrected chi connectivity index (χ3v) is 6.00. The largest absolute Gasteiger partial charge is 0.396 e. The molecule has 4 N–H and O–H groups in total. The lowest BCUT2D eigenvalue weighted by molar-refractivity contribution is 0.0895. The molecule has 0 aromatic heterocycles. The summed E-state index contributed by atoms with van der Waals surface area (Å²) >= 11 is 1.61. The Kier molecular flexibility index (Phi) is 5.38. The van der Waals surface area contributed by atoms with Gasteiger partial charge in [0.25, 0.3) is 0 Å². The molecule has 1 aliphatic carbocycles. The second kappa shape index (κ2) is 8.11. The Morgan fingerprint density at radius 2 is 1.72 bits per heavy atom. The van der Waals surface area contributed by atoms with Crippen LogP contribution in [0.1, 0.15) is 10.4 Å². The van der Waals surface area contributed by atoms with E-state index < -0.39 is 6.04 Å². The minimum atomic E-state index is -0.699. The van der Waals surface area contributed by atoms with E-state index in [1.807, 2.05) is 54.6 Å². The number of hydrogen-bond donors (Lipinski definition) is 2. The SMILES string of the molecule is Nc1ccc2n(C(=O)[C@@H](N)CSCc3ccccc3)c3ccccc3cc-2c1=O. The number of nitrogens with two attached hydrogens (primary N) is 2. The Hall–Kier alpha value is -3.09.